The number of nitrogens with two attached hydrogens (primary N) is 4. The zero-order chi connectivity index (χ0) is 22.8. The number of hydrogen-bond donors (Lipinski definition) is 4. The Labute approximate surface area is 190 Å². The van der Waals surface area contributed by atoms with Gasteiger partial charge in [-0.1, -0.05) is 0 Å². The van der Waals surface area contributed by atoms with Crippen molar-refractivity contribution in [2.24, 2.45) is 22.9 Å². The summed E-state index contributed by atoms with van der Waals surface area (Å²) >= 11 is 0. The quantitative estimate of drug-likeness (QED) is 0.159. The van der Waals surface area contributed by atoms with Crippen LogP contribution in [-0.4, -0.2) is 52.6 Å². The Hall–Kier alpha value is 0.803. The van der Waals surface area contributed by atoms with Gasteiger partial charge in [0, 0.05) is 26.2 Å². The normalized spacial score (nSPS) is 11.0. The standard InChI is InChI=1S/4C2H6NO3P.Zr/c4*3-1-2-6-7(4)5;/h4*1-3H2;/q;;;;+4. The molecule has 0 aliphatic heterocycles. The van der Waals surface area contributed by atoms with Crippen LogP contribution < -0.4 is 42.5 Å². The van der Waals surface area contributed by atoms with E-state index in [4.69, 9.17) is 22.9 Å². The molecule has 29 heavy (non-hydrogen) atoms. The van der Waals surface area contributed by atoms with Crippen molar-refractivity contribution >= 4 is 33.0 Å². The Morgan fingerprint density at radius 1 is 0.483 bits per heavy atom. The summed E-state index contributed by atoms with van der Waals surface area (Å²) in [5, 5.41) is 0. The van der Waals surface area contributed by atoms with Crippen molar-refractivity contribution in [2.45, 2.75) is 0 Å². The first-order chi connectivity index (χ1) is 13.1. The smallest absolute Gasteiger partial charge is 0.566 e. The van der Waals surface area contributed by atoms with E-state index in [-0.39, 0.29) is 78.8 Å². The van der Waals surface area contributed by atoms with Crippen LogP contribution >= 0.6 is 33.0 Å². The maximum atomic E-state index is 9.52. The molecule has 8 N–H and O–H groups in total. The molecule has 168 valence electrons. The third-order valence-electron chi connectivity index (χ3n) is 1.26. The molecule has 0 aromatic heterocycles. The summed E-state index contributed by atoms with van der Waals surface area (Å²) < 4.78 is 54.1. The van der Waals surface area contributed by atoms with Crippen LogP contribution in [0.5, 0.6) is 0 Å². The predicted octanol–water partition coefficient (Wildman–Crippen LogP) is -4.08. The summed E-state index contributed by atoms with van der Waals surface area (Å²) in [5.74, 6) is 0. The zero-order valence-electron chi connectivity index (χ0n) is 15.2. The second kappa shape index (κ2) is 36.2. The monoisotopic (exact) mass is 582 g/mol. The molecule has 0 fully saturated rings. The molecule has 0 heterocycles. The summed E-state index contributed by atoms with van der Waals surface area (Å²) in [4.78, 5) is 38.1. The molecule has 4 unspecified atom stereocenters. The van der Waals surface area contributed by atoms with Gasteiger partial charge >= 0.3 is 59.2 Å². The molecule has 0 saturated carbocycles. The van der Waals surface area contributed by atoms with Gasteiger partial charge in [-0.15, -0.1) is 18.1 Å². The van der Waals surface area contributed by atoms with E-state index in [9.17, 15) is 37.8 Å². The third-order valence-corrected chi connectivity index (χ3v) is 2.83. The Morgan fingerprint density at radius 2 is 0.621 bits per heavy atom. The van der Waals surface area contributed by atoms with Crippen molar-refractivity contribution < 1.29 is 82.1 Å². The average molecular weight is 583 g/mol. The molecule has 0 aliphatic rings. The SMILES string of the molecule is NCCO[P+](=O)[O-].NCCO[P+](=O)[O-].NCCO[P+](=O)[O-].NCCO[P+](=O)[O-].[Zr+4]. The molecular weight excluding hydrogens is 559 g/mol. The molecule has 21 heteroatoms. The van der Waals surface area contributed by atoms with E-state index >= 15 is 0 Å². The van der Waals surface area contributed by atoms with Gasteiger partial charge in [-0.25, -0.2) is 0 Å². The average Bonchev–Trinajstić information content (AvgIpc) is 2.62. The molecule has 4 atom stereocenters. The largest absolute Gasteiger partial charge is 4.00 e. The van der Waals surface area contributed by atoms with Crippen LogP contribution in [0.3, 0.4) is 0 Å². The van der Waals surface area contributed by atoms with Crippen molar-refractivity contribution in [3.05, 3.63) is 0 Å². The fourth-order valence-corrected chi connectivity index (χ4v) is 1.53. The van der Waals surface area contributed by atoms with Gasteiger partial charge < -0.3 is 42.5 Å². The van der Waals surface area contributed by atoms with E-state index in [0.717, 1.165) is 0 Å². The van der Waals surface area contributed by atoms with Crippen LogP contribution in [0.15, 0.2) is 0 Å². The zero-order valence-corrected chi connectivity index (χ0v) is 21.2. The minimum absolute atomic E-state index is 0. The first kappa shape index (κ1) is 40.2. The molecule has 0 spiro atoms. The molecule has 16 nitrogen and oxygen atoms in total. The maximum absolute atomic E-state index is 9.52. The van der Waals surface area contributed by atoms with Gasteiger partial charge in [0.2, 0.25) is 0 Å². The van der Waals surface area contributed by atoms with E-state index in [1.165, 1.54) is 0 Å². The molecule has 0 saturated heterocycles. The Bertz CT molecular complexity index is 342. The fourth-order valence-electron chi connectivity index (χ4n) is 0.509. The minimum atomic E-state index is -2.69. The van der Waals surface area contributed by atoms with Gasteiger partial charge in [0.15, 0.2) is 0 Å². The van der Waals surface area contributed by atoms with Crippen LogP contribution in [0.4, 0.5) is 0 Å². The van der Waals surface area contributed by atoms with Crippen LogP contribution in [-0.2, 0) is 62.6 Å². The first-order valence-electron chi connectivity index (χ1n) is 6.98. The van der Waals surface area contributed by atoms with Gasteiger partial charge in [-0.3, -0.25) is 0 Å². The predicted molar refractivity (Wildman–Crippen MR) is 90.5 cm³/mol. The van der Waals surface area contributed by atoms with Crippen molar-refractivity contribution in [2.75, 3.05) is 52.6 Å². The molecule has 0 aromatic rings. The topological polar surface area (TPSA) is 302 Å². The van der Waals surface area contributed by atoms with E-state index < -0.39 is 33.0 Å². The van der Waals surface area contributed by atoms with Crippen LogP contribution in [0.25, 0.3) is 0 Å². The second-order valence-corrected chi connectivity index (χ2v) is 6.20. The Morgan fingerprint density at radius 3 is 0.655 bits per heavy atom. The van der Waals surface area contributed by atoms with E-state index in [1.54, 1.807) is 0 Å². The number of rotatable bonds is 12. The molecule has 0 radical (unpaired) electrons. The second-order valence-electron chi connectivity index (χ2n) is 3.38. The Kier molecular flexibility index (Phi) is 50.2. The Balaban J connectivity index is -0.0000000873. The van der Waals surface area contributed by atoms with Crippen molar-refractivity contribution in [3.8, 4) is 0 Å². The van der Waals surface area contributed by atoms with Crippen molar-refractivity contribution in [1.29, 1.82) is 0 Å². The third kappa shape index (κ3) is 73.3. The molecule has 0 bridgehead atoms. The minimum Gasteiger partial charge on any atom is -0.566 e. The molecular formula is C8H24N4O12P4Zr+4. The van der Waals surface area contributed by atoms with Gasteiger partial charge in [0.05, 0.1) is 0 Å². The fraction of sp³-hybridized carbons (Fsp3) is 1.00. The van der Waals surface area contributed by atoms with Gasteiger partial charge in [-0.05, 0) is 18.3 Å². The van der Waals surface area contributed by atoms with Gasteiger partial charge in [0.1, 0.15) is 26.4 Å². The molecule has 0 amide bonds. The summed E-state index contributed by atoms with van der Waals surface area (Å²) in [6, 6.07) is 0. The van der Waals surface area contributed by atoms with Gasteiger partial charge in [0.25, 0.3) is 0 Å². The number of hydrogen-bond acceptors (Lipinski definition) is 16. The van der Waals surface area contributed by atoms with E-state index in [2.05, 4.69) is 18.1 Å². The maximum Gasteiger partial charge on any atom is 4.00 e. The van der Waals surface area contributed by atoms with Crippen LogP contribution in [0, 0.1) is 0 Å². The van der Waals surface area contributed by atoms with E-state index in [0.29, 0.717) is 0 Å². The summed E-state index contributed by atoms with van der Waals surface area (Å²) in [5.41, 5.74) is 19.5. The molecule has 0 aromatic carbocycles. The van der Waals surface area contributed by atoms with Crippen molar-refractivity contribution in [3.63, 3.8) is 0 Å². The van der Waals surface area contributed by atoms with E-state index in [1.807, 2.05) is 0 Å². The van der Waals surface area contributed by atoms with Crippen LogP contribution in [0.1, 0.15) is 0 Å². The van der Waals surface area contributed by atoms with Crippen LogP contribution in [0.2, 0.25) is 0 Å². The molecule has 0 aliphatic carbocycles. The summed E-state index contributed by atoms with van der Waals surface area (Å²) in [6.07, 6.45) is 0. The first-order valence-corrected chi connectivity index (χ1v) is 11.4. The summed E-state index contributed by atoms with van der Waals surface area (Å²) in [6.45, 7) is 1.29. The van der Waals surface area contributed by atoms with Gasteiger partial charge in [-0.2, -0.15) is 0 Å². The molecule has 0 rings (SSSR count). The summed E-state index contributed by atoms with van der Waals surface area (Å²) in [7, 11) is -10.7. The van der Waals surface area contributed by atoms with Crippen molar-refractivity contribution in [1.82, 2.24) is 0 Å².